The zero-order valence-electron chi connectivity index (χ0n) is 8.27. The number of aromatic nitrogens is 4. The average Bonchev–Trinajstić information content (AvgIpc) is 2.61. The normalized spacial score (nSPS) is 22.4. The van der Waals surface area contributed by atoms with Crippen molar-refractivity contribution in [3.05, 3.63) is 5.82 Å². The number of tetrazole rings is 1. The SMILES string of the molecule is CC1(O)CCN(Cc2nn[nH]n2)CC1. The maximum atomic E-state index is 9.74. The number of H-pyrrole nitrogens is 1. The molecule has 0 saturated carbocycles. The maximum absolute atomic E-state index is 9.74. The number of rotatable bonds is 2. The third-order valence-electron chi connectivity index (χ3n) is 2.69. The first kappa shape index (κ1) is 9.54. The van der Waals surface area contributed by atoms with E-state index in [4.69, 9.17) is 0 Å². The van der Waals surface area contributed by atoms with Crippen LogP contribution in [0.4, 0.5) is 0 Å². The largest absolute Gasteiger partial charge is 0.390 e. The molecule has 1 aliphatic heterocycles. The minimum absolute atomic E-state index is 0.492. The van der Waals surface area contributed by atoms with Crippen molar-refractivity contribution in [3.63, 3.8) is 0 Å². The van der Waals surface area contributed by atoms with Crippen molar-refractivity contribution in [1.82, 2.24) is 25.5 Å². The summed E-state index contributed by atoms with van der Waals surface area (Å²) >= 11 is 0. The zero-order valence-corrected chi connectivity index (χ0v) is 8.27. The summed E-state index contributed by atoms with van der Waals surface area (Å²) in [5.74, 6) is 0.714. The molecule has 0 amide bonds. The quantitative estimate of drug-likeness (QED) is 0.671. The molecule has 0 radical (unpaired) electrons. The van der Waals surface area contributed by atoms with Gasteiger partial charge in [-0.25, -0.2) is 0 Å². The number of aliphatic hydroxyl groups is 1. The van der Waals surface area contributed by atoms with Gasteiger partial charge in [-0.3, -0.25) is 4.90 Å². The molecule has 0 atom stereocenters. The lowest BCUT2D eigenvalue weighted by Crippen LogP contribution is -2.42. The second kappa shape index (κ2) is 3.62. The van der Waals surface area contributed by atoms with Crippen LogP contribution in [0, 0.1) is 0 Å². The summed E-state index contributed by atoms with van der Waals surface area (Å²) in [6, 6.07) is 0. The Labute approximate surface area is 82.3 Å². The predicted octanol–water partition coefficient (Wildman–Crippen LogP) is -0.454. The molecule has 0 unspecified atom stereocenters. The molecule has 1 saturated heterocycles. The van der Waals surface area contributed by atoms with E-state index in [0.29, 0.717) is 12.4 Å². The number of nitrogens with zero attached hydrogens (tertiary/aromatic N) is 4. The molecule has 14 heavy (non-hydrogen) atoms. The second-order valence-electron chi connectivity index (χ2n) is 4.10. The van der Waals surface area contributed by atoms with Gasteiger partial charge < -0.3 is 5.11 Å². The topological polar surface area (TPSA) is 77.9 Å². The van der Waals surface area contributed by atoms with Gasteiger partial charge in [0.1, 0.15) is 0 Å². The molecule has 0 spiro atoms. The van der Waals surface area contributed by atoms with Crippen LogP contribution < -0.4 is 0 Å². The molecule has 1 aliphatic rings. The van der Waals surface area contributed by atoms with Crippen molar-refractivity contribution in [1.29, 1.82) is 0 Å². The molecule has 78 valence electrons. The van der Waals surface area contributed by atoms with E-state index in [0.717, 1.165) is 25.9 Å². The molecule has 1 aromatic heterocycles. The molecular formula is C8H15N5O. The first-order valence-corrected chi connectivity index (χ1v) is 4.83. The fraction of sp³-hybridized carbons (Fsp3) is 0.875. The monoisotopic (exact) mass is 197 g/mol. The van der Waals surface area contributed by atoms with E-state index in [2.05, 4.69) is 25.5 Å². The van der Waals surface area contributed by atoms with Gasteiger partial charge in [0.25, 0.3) is 0 Å². The molecule has 1 fully saturated rings. The Hall–Kier alpha value is -1.01. The van der Waals surface area contributed by atoms with Gasteiger partial charge in [-0.15, -0.1) is 10.2 Å². The predicted molar refractivity (Wildman–Crippen MR) is 49.3 cm³/mol. The maximum Gasteiger partial charge on any atom is 0.188 e. The van der Waals surface area contributed by atoms with Crippen LogP contribution in [-0.4, -0.2) is 49.3 Å². The number of nitrogens with one attached hydrogen (secondary N) is 1. The molecule has 6 heteroatoms. The highest BCUT2D eigenvalue weighted by molar-refractivity contribution is 4.84. The Balaban J connectivity index is 1.85. The first-order valence-electron chi connectivity index (χ1n) is 4.83. The van der Waals surface area contributed by atoms with E-state index in [1.165, 1.54) is 0 Å². The number of aromatic amines is 1. The summed E-state index contributed by atoms with van der Waals surface area (Å²) < 4.78 is 0. The standard InChI is InChI=1S/C8H15N5O/c1-8(14)2-4-13(5-3-8)6-7-9-11-12-10-7/h14H,2-6H2,1H3,(H,9,10,11,12). The molecule has 6 nitrogen and oxygen atoms in total. The van der Waals surface area contributed by atoms with Crippen LogP contribution in [0.3, 0.4) is 0 Å². The molecular weight excluding hydrogens is 182 g/mol. The molecule has 2 heterocycles. The fourth-order valence-electron chi connectivity index (χ4n) is 1.64. The average molecular weight is 197 g/mol. The lowest BCUT2D eigenvalue weighted by Gasteiger charge is -2.35. The van der Waals surface area contributed by atoms with Gasteiger partial charge in [0.2, 0.25) is 0 Å². The van der Waals surface area contributed by atoms with Gasteiger partial charge in [-0.1, -0.05) is 5.21 Å². The van der Waals surface area contributed by atoms with E-state index < -0.39 is 5.60 Å². The molecule has 2 rings (SSSR count). The van der Waals surface area contributed by atoms with Gasteiger partial charge in [0.05, 0.1) is 12.1 Å². The highest BCUT2D eigenvalue weighted by Crippen LogP contribution is 2.21. The summed E-state index contributed by atoms with van der Waals surface area (Å²) in [7, 11) is 0. The number of likely N-dealkylation sites (tertiary alicyclic amines) is 1. The Kier molecular flexibility index (Phi) is 2.47. The van der Waals surface area contributed by atoms with Gasteiger partial charge in [0.15, 0.2) is 5.82 Å². The molecule has 0 bridgehead atoms. The van der Waals surface area contributed by atoms with Crippen LogP contribution in [0.15, 0.2) is 0 Å². The number of hydrogen-bond donors (Lipinski definition) is 2. The van der Waals surface area contributed by atoms with E-state index in [-0.39, 0.29) is 0 Å². The summed E-state index contributed by atoms with van der Waals surface area (Å²) in [5.41, 5.74) is -0.492. The molecule has 0 aliphatic carbocycles. The van der Waals surface area contributed by atoms with Crippen molar-refractivity contribution in [2.45, 2.75) is 31.9 Å². The Morgan fingerprint density at radius 3 is 2.79 bits per heavy atom. The fourth-order valence-corrected chi connectivity index (χ4v) is 1.64. The molecule has 1 aromatic rings. The van der Waals surface area contributed by atoms with E-state index >= 15 is 0 Å². The lowest BCUT2D eigenvalue weighted by atomic mass is 9.94. The Morgan fingerprint density at radius 1 is 1.50 bits per heavy atom. The van der Waals surface area contributed by atoms with E-state index in [1.807, 2.05) is 6.92 Å². The smallest absolute Gasteiger partial charge is 0.188 e. The lowest BCUT2D eigenvalue weighted by molar-refractivity contribution is -0.00787. The van der Waals surface area contributed by atoms with Crippen LogP contribution in [0.5, 0.6) is 0 Å². The summed E-state index contributed by atoms with van der Waals surface area (Å²) in [5, 5.41) is 23.5. The third kappa shape index (κ3) is 2.27. The summed E-state index contributed by atoms with van der Waals surface area (Å²) in [6.07, 6.45) is 1.62. The van der Waals surface area contributed by atoms with E-state index in [1.54, 1.807) is 0 Å². The van der Waals surface area contributed by atoms with Gasteiger partial charge >= 0.3 is 0 Å². The molecule has 2 N–H and O–H groups in total. The first-order chi connectivity index (χ1) is 6.66. The van der Waals surface area contributed by atoms with Crippen molar-refractivity contribution in [2.75, 3.05) is 13.1 Å². The van der Waals surface area contributed by atoms with Crippen molar-refractivity contribution < 1.29 is 5.11 Å². The van der Waals surface area contributed by atoms with Crippen molar-refractivity contribution >= 4 is 0 Å². The van der Waals surface area contributed by atoms with Gasteiger partial charge in [-0.05, 0) is 19.8 Å². The highest BCUT2D eigenvalue weighted by Gasteiger charge is 2.27. The number of piperidine rings is 1. The van der Waals surface area contributed by atoms with Gasteiger partial charge in [-0.2, -0.15) is 5.21 Å². The zero-order chi connectivity index (χ0) is 10.0. The molecule has 0 aromatic carbocycles. The Bertz CT molecular complexity index is 274. The number of hydrogen-bond acceptors (Lipinski definition) is 5. The van der Waals surface area contributed by atoms with Crippen LogP contribution in [0.25, 0.3) is 0 Å². The van der Waals surface area contributed by atoms with Crippen LogP contribution >= 0.6 is 0 Å². The highest BCUT2D eigenvalue weighted by atomic mass is 16.3. The Morgan fingerprint density at radius 2 is 2.21 bits per heavy atom. The minimum atomic E-state index is -0.492. The van der Waals surface area contributed by atoms with Crippen LogP contribution in [0.1, 0.15) is 25.6 Å². The van der Waals surface area contributed by atoms with Crippen LogP contribution in [-0.2, 0) is 6.54 Å². The van der Waals surface area contributed by atoms with Gasteiger partial charge in [0, 0.05) is 13.1 Å². The van der Waals surface area contributed by atoms with Crippen molar-refractivity contribution in [2.24, 2.45) is 0 Å². The van der Waals surface area contributed by atoms with Crippen molar-refractivity contribution in [3.8, 4) is 0 Å². The minimum Gasteiger partial charge on any atom is -0.390 e. The van der Waals surface area contributed by atoms with Crippen LogP contribution in [0.2, 0.25) is 0 Å². The summed E-state index contributed by atoms with van der Waals surface area (Å²) in [6.45, 7) is 4.38. The second-order valence-corrected chi connectivity index (χ2v) is 4.10. The van der Waals surface area contributed by atoms with E-state index in [9.17, 15) is 5.11 Å². The summed E-state index contributed by atoms with van der Waals surface area (Å²) in [4.78, 5) is 2.23. The third-order valence-corrected chi connectivity index (χ3v) is 2.69.